The van der Waals surface area contributed by atoms with Gasteiger partial charge in [-0.05, 0) is 50.8 Å². The topological polar surface area (TPSA) is 84.5 Å². The standard InChI is InChI=1S/C17H27N5O2/c18-17(24)15-3-1-7-21(12-15)16(23)13-20-9-4-14(5-10-20)11-22-8-2-6-19-22/h2,6,8,14-15H,1,3-5,7,9-13H2,(H2,18,24). The van der Waals surface area contributed by atoms with Crippen molar-refractivity contribution in [3.05, 3.63) is 18.5 Å². The lowest BCUT2D eigenvalue weighted by atomic mass is 9.96. The highest BCUT2D eigenvalue weighted by Gasteiger charge is 2.28. The Morgan fingerprint density at radius 2 is 1.96 bits per heavy atom. The average Bonchev–Trinajstić information content (AvgIpc) is 3.10. The van der Waals surface area contributed by atoms with E-state index in [-0.39, 0.29) is 17.7 Å². The average molecular weight is 333 g/mol. The fraction of sp³-hybridized carbons (Fsp3) is 0.706. The van der Waals surface area contributed by atoms with Crippen LogP contribution in [0.1, 0.15) is 25.7 Å². The van der Waals surface area contributed by atoms with Crippen molar-refractivity contribution < 1.29 is 9.59 Å². The zero-order valence-corrected chi connectivity index (χ0v) is 14.1. The molecule has 2 amide bonds. The summed E-state index contributed by atoms with van der Waals surface area (Å²) in [7, 11) is 0. The number of rotatable bonds is 5. The van der Waals surface area contributed by atoms with Crippen LogP contribution < -0.4 is 5.73 Å². The fourth-order valence-electron chi connectivity index (χ4n) is 3.73. The molecular formula is C17H27N5O2. The van der Waals surface area contributed by atoms with E-state index in [9.17, 15) is 9.59 Å². The predicted octanol–water partition coefficient (Wildman–Crippen LogP) is 0.319. The molecule has 1 unspecified atom stereocenters. The highest BCUT2D eigenvalue weighted by atomic mass is 16.2. The number of nitrogens with zero attached hydrogens (tertiary/aromatic N) is 4. The van der Waals surface area contributed by atoms with Crippen molar-refractivity contribution in [2.45, 2.75) is 32.2 Å². The number of hydrogen-bond donors (Lipinski definition) is 1. The number of nitrogens with two attached hydrogens (primary N) is 1. The van der Waals surface area contributed by atoms with Crippen molar-refractivity contribution >= 4 is 11.8 Å². The number of carbonyl (C=O) groups excluding carboxylic acids is 2. The molecule has 3 heterocycles. The number of carbonyl (C=O) groups is 2. The molecular weight excluding hydrogens is 306 g/mol. The highest BCUT2D eigenvalue weighted by Crippen LogP contribution is 2.20. The van der Waals surface area contributed by atoms with E-state index in [4.69, 9.17) is 5.73 Å². The van der Waals surface area contributed by atoms with Crippen molar-refractivity contribution in [1.82, 2.24) is 19.6 Å². The van der Waals surface area contributed by atoms with Crippen LogP contribution in [0.5, 0.6) is 0 Å². The van der Waals surface area contributed by atoms with E-state index >= 15 is 0 Å². The van der Waals surface area contributed by atoms with Gasteiger partial charge in [-0.25, -0.2) is 0 Å². The van der Waals surface area contributed by atoms with Gasteiger partial charge < -0.3 is 10.6 Å². The molecule has 0 saturated carbocycles. The van der Waals surface area contributed by atoms with Crippen LogP contribution in [-0.4, -0.2) is 64.1 Å². The minimum Gasteiger partial charge on any atom is -0.369 e. The van der Waals surface area contributed by atoms with Gasteiger partial charge in [0.15, 0.2) is 0 Å². The second-order valence-corrected chi connectivity index (χ2v) is 7.03. The summed E-state index contributed by atoms with van der Waals surface area (Å²) in [4.78, 5) is 27.9. The van der Waals surface area contributed by atoms with Crippen molar-refractivity contribution in [3.8, 4) is 0 Å². The van der Waals surface area contributed by atoms with Crippen LogP contribution in [0.4, 0.5) is 0 Å². The molecule has 2 aliphatic rings. The number of hydrogen-bond acceptors (Lipinski definition) is 4. The first-order valence-corrected chi connectivity index (χ1v) is 8.88. The van der Waals surface area contributed by atoms with Crippen molar-refractivity contribution in [2.75, 3.05) is 32.7 Å². The number of likely N-dealkylation sites (tertiary alicyclic amines) is 2. The molecule has 2 fully saturated rings. The third-order valence-electron chi connectivity index (χ3n) is 5.25. The van der Waals surface area contributed by atoms with Crippen LogP contribution in [0, 0.1) is 11.8 Å². The summed E-state index contributed by atoms with van der Waals surface area (Å²) in [5, 5.41) is 4.26. The molecule has 0 aromatic carbocycles. The molecule has 0 spiro atoms. The Hall–Kier alpha value is -1.89. The maximum absolute atomic E-state index is 12.5. The van der Waals surface area contributed by atoms with Gasteiger partial charge in [-0.1, -0.05) is 0 Å². The first-order chi connectivity index (χ1) is 11.6. The van der Waals surface area contributed by atoms with Crippen molar-refractivity contribution in [2.24, 2.45) is 17.6 Å². The molecule has 2 N–H and O–H groups in total. The molecule has 0 bridgehead atoms. The lowest BCUT2D eigenvalue weighted by Gasteiger charge is -2.35. The summed E-state index contributed by atoms with van der Waals surface area (Å²) in [6, 6.07) is 1.95. The Kier molecular flexibility index (Phi) is 5.50. The molecule has 1 atom stereocenters. The van der Waals surface area contributed by atoms with Crippen molar-refractivity contribution in [3.63, 3.8) is 0 Å². The van der Waals surface area contributed by atoms with Gasteiger partial charge in [0.05, 0.1) is 12.5 Å². The maximum Gasteiger partial charge on any atom is 0.236 e. The molecule has 2 aliphatic heterocycles. The van der Waals surface area contributed by atoms with Gasteiger partial charge >= 0.3 is 0 Å². The number of primary amides is 1. The first-order valence-electron chi connectivity index (χ1n) is 8.88. The van der Waals surface area contributed by atoms with Gasteiger partial charge in [0.25, 0.3) is 0 Å². The van der Waals surface area contributed by atoms with Gasteiger partial charge in [0.1, 0.15) is 0 Å². The number of piperidine rings is 2. The highest BCUT2D eigenvalue weighted by molar-refractivity contribution is 5.81. The quantitative estimate of drug-likeness (QED) is 0.841. The Bertz CT molecular complexity index is 551. The summed E-state index contributed by atoms with van der Waals surface area (Å²) in [6.45, 7) is 4.55. The van der Waals surface area contributed by atoms with E-state index < -0.39 is 0 Å². The molecule has 1 aromatic rings. The smallest absolute Gasteiger partial charge is 0.236 e. The molecule has 7 heteroatoms. The molecule has 7 nitrogen and oxygen atoms in total. The van der Waals surface area contributed by atoms with Crippen LogP contribution >= 0.6 is 0 Å². The lowest BCUT2D eigenvalue weighted by Crippen LogP contribution is -2.48. The zero-order chi connectivity index (χ0) is 16.9. The second-order valence-electron chi connectivity index (χ2n) is 7.03. The van der Waals surface area contributed by atoms with Gasteiger partial charge in [0.2, 0.25) is 11.8 Å². The third kappa shape index (κ3) is 4.35. The Morgan fingerprint density at radius 1 is 1.17 bits per heavy atom. The van der Waals surface area contributed by atoms with Gasteiger partial charge in [-0.2, -0.15) is 5.10 Å². The van der Waals surface area contributed by atoms with Crippen molar-refractivity contribution in [1.29, 1.82) is 0 Å². The van der Waals surface area contributed by atoms with Crippen LogP contribution in [-0.2, 0) is 16.1 Å². The van der Waals surface area contributed by atoms with Crippen LogP contribution in [0.25, 0.3) is 0 Å². The Morgan fingerprint density at radius 3 is 2.62 bits per heavy atom. The molecule has 24 heavy (non-hydrogen) atoms. The van der Waals surface area contributed by atoms with E-state index in [2.05, 4.69) is 10.00 Å². The minimum atomic E-state index is -0.285. The zero-order valence-electron chi connectivity index (χ0n) is 14.1. The minimum absolute atomic E-state index is 0.131. The number of aromatic nitrogens is 2. The maximum atomic E-state index is 12.5. The van der Waals surface area contributed by atoms with E-state index in [1.165, 1.54) is 0 Å². The van der Waals surface area contributed by atoms with E-state index in [0.717, 1.165) is 51.9 Å². The summed E-state index contributed by atoms with van der Waals surface area (Å²) in [6.07, 6.45) is 7.67. The van der Waals surface area contributed by atoms with E-state index in [1.807, 2.05) is 28.0 Å². The second kappa shape index (κ2) is 7.79. The normalized spacial score (nSPS) is 23.3. The molecule has 3 rings (SSSR count). The van der Waals surface area contributed by atoms with Gasteiger partial charge in [-0.3, -0.25) is 19.2 Å². The van der Waals surface area contributed by atoms with E-state index in [1.54, 1.807) is 0 Å². The van der Waals surface area contributed by atoms with Crippen LogP contribution in [0.3, 0.4) is 0 Å². The van der Waals surface area contributed by atoms with Crippen LogP contribution in [0.15, 0.2) is 18.5 Å². The summed E-state index contributed by atoms with van der Waals surface area (Å²) in [5.41, 5.74) is 5.39. The monoisotopic (exact) mass is 333 g/mol. The summed E-state index contributed by atoms with van der Waals surface area (Å²) in [5.74, 6) is 0.298. The fourth-order valence-corrected chi connectivity index (χ4v) is 3.73. The molecule has 1 aromatic heterocycles. The summed E-state index contributed by atoms with van der Waals surface area (Å²) >= 11 is 0. The van der Waals surface area contributed by atoms with Gasteiger partial charge in [0, 0.05) is 32.0 Å². The molecule has 132 valence electrons. The Labute approximate surface area is 142 Å². The van der Waals surface area contributed by atoms with E-state index in [0.29, 0.717) is 19.0 Å². The number of amides is 2. The third-order valence-corrected chi connectivity index (χ3v) is 5.25. The first kappa shape index (κ1) is 17.0. The lowest BCUT2D eigenvalue weighted by molar-refractivity contribution is -0.136. The molecule has 2 saturated heterocycles. The van der Waals surface area contributed by atoms with Gasteiger partial charge in [-0.15, -0.1) is 0 Å². The predicted molar refractivity (Wildman–Crippen MR) is 89.9 cm³/mol. The SMILES string of the molecule is NC(=O)C1CCCN(C(=O)CN2CCC(Cn3cccn3)CC2)C1. The molecule has 0 radical (unpaired) electrons. The largest absolute Gasteiger partial charge is 0.369 e. The van der Waals surface area contributed by atoms with Crippen LogP contribution in [0.2, 0.25) is 0 Å². The Balaban J connectivity index is 1.42. The molecule has 0 aliphatic carbocycles. The summed E-state index contributed by atoms with van der Waals surface area (Å²) < 4.78 is 1.99.